The van der Waals surface area contributed by atoms with Crippen LogP contribution in [-0.2, 0) is 19.1 Å². The second-order valence-electron chi connectivity index (χ2n) is 3.37. The summed E-state index contributed by atoms with van der Waals surface area (Å²) in [6.07, 6.45) is 1.26. The molecule has 4 nitrogen and oxygen atoms in total. The molecule has 0 amide bonds. The summed E-state index contributed by atoms with van der Waals surface area (Å²) in [7, 11) is 0. The molecule has 4 atom stereocenters. The van der Waals surface area contributed by atoms with Crippen LogP contribution in [0.2, 0.25) is 0 Å². The zero-order valence-corrected chi connectivity index (χ0v) is 8.30. The molecule has 0 saturated carbocycles. The van der Waals surface area contributed by atoms with Crippen LogP contribution in [0.15, 0.2) is 12.7 Å². The van der Waals surface area contributed by atoms with Crippen LogP contribution in [0.1, 0.15) is 13.8 Å². The van der Waals surface area contributed by atoms with Gasteiger partial charge in [0.25, 0.3) is 0 Å². The van der Waals surface area contributed by atoms with Crippen LogP contribution < -0.4 is 0 Å². The molecule has 14 heavy (non-hydrogen) atoms. The average molecular weight is 198 g/mol. The molecule has 0 spiro atoms. The largest absolute Gasteiger partial charge is 0.459 e. The summed E-state index contributed by atoms with van der Waals surface area (Å²) in [5.74, 6) is -0.391. The van der Waals surface area contributed by atoms with Gasteiger partial charge in [-0.25, -0.2) is 0 Å². The van der Waals surface area contributed by atoms with Gasteiger partial charge in [-0.1, -0.05) is 13.0 Å². The lowest BCUT2D eigenvalue weighted by Gasteiger charge is -2.18. The predicted molar refractivity (Wildman–Crippen MR) is 49.6 cm³/mol. The first-order valence-corrected chi connectivity index (χ1v) is 4.50. The van der Waals surface area contributed by atoms with Crippen LogP contribution in [0.4, 0.5) is 0 Å². The molecule has 78 valence electrons. The highest BCUT2D eigenvalue weighted by atomic mass is 16.6. The van der Waals surface area contributed by atoms with Crippen LogP contribution in [0, 0.1) is 5.92 Å². The Bertz CT molecular complexity index is 249. The van der Waals surface area contributed by atoms with Gasteiger partial charge in [-0.05, 0) is 0 Å². The second-order valence-corrected chi connectivity index (χ2v) is 3.37. The number of epoxide rings is 1. The molecule has 4 heteroatoms. The van der Waals surface area contributed by atoms with Gasteiger partial charge in [-0.3, -0.25) is 4.79 Å². The van der Waals surface area contributed by atoms with Crippen molar-refractivity contribution >= 4 is 12.3 Å². The quantitative estimate of drug-likeness (QED) is 0.282. The highest BCUT2D eigenvalue weighted by Crippen LogP contribution is 2.30. The number of ether oxygens (including phenoxy) is 2. The lowest BCUT2D eigenvalue weighted by atomic mass is 10.0. The van der Waals surface area contributed by atoms with Crippen molar-refractivity contribution in [3.63, 3.8) is 0 Å². The predicted octanol–water partition coefficient (Wildman–Crippen LogP) is 0.706. The fourth-order valence-corrected chi connectivity index (χ4v) is 1.31. The van der Waals surface area contributed by atoms with Gasteiger partial charge in [0.15, 0.2) is 6.29 Å². The maximum absolute atomic E-state index is 10.8. The Morgan fingerprint density at radius 1 is 1.64 bits per heavy atom. The van der Waals surface area contributed by atoms with Crippen LogP contribution in [0.3, 0.4) is 0 Å². The first kappa shape index (κ1) is 10.9. The minimum Gasteiger partial charge on any atom is -0.459 e. The number of hydrogen-bond acceptors (Lipinski definition) is 4. The van der Waals surface area contributed by atoms with E-state index in [2.05, 4.69) is 6.58 Å². The maximum atomic E-state index is 10.8. The zero-order chi connectivity index (χ0) is 10.7. The summed E-state index contributed by atoms with van der Waals surface area (Å²) in [5.41, 5.74) is 0. The SMILES string of the molecule is C=C[C@@H](C)[C@@H](OC(C)=O)[C@H]1O[C@H]1C=O. The lowest BCUT2D eigenvalue weighted by Crippen LogP contribution is -2.30. The molecule has 0 bridgehead atoms. The molecule has 1 saturated heterocycles. The van der Waals surface area contributed by atoms with E-state index in [1.54, 1.807) is 6.08 Å². The highest BCUT2D eigenvalue weighted by Gasteiger charge is 2.48. The first-order chi connectivity index (χ1) is 6.60. The molecule has 0 N–H and O–H groups in total. The Morgan fingerprint density at radius 2 is 2.29 bits per heavy atom. The molecule has 1 fully saturated rings. The van der Waals surface area contributed by atoms with Crippen molar-refractivity contribution in [3.05, 3.63) is 12.7 Å². The second kappa shape index (κ2) is 4.37. The molecule has 1 heterocycles. The number of rotatable bonds is 5. The molecule has 1 aliphatic rings. The molecule has 0 radical (unpaired) electrons. The van der Waals surface area contributed by atoms with E-state index in [-0.39, 0.29) is 18.0 Å². The van der Waals surface area contributed by atoms with E-state index in [9.17, 15) is 9.59 Å². The van der Waals surface area contributed by atoms with E-state index >= 15 is 0 Å². The van der Waals surface area contributed by atoms with Gasteiger partial charge in [0.1, 0.15) is 18.3 Å². The summed E-state index contributed by atoms with van der Waals surface area (Å²) in [5, 5.41) is 0. The minimum absolute atomic E-state index is 0.0196. The smallest absolute Gasteiger partial charge is 0.303 e. The van der Waals surface area contributed by atoms with E-state index in [4.69, 9.17) is 9.47 Å². The van der Waals surface area contributed by atoms with Gasteiger partial charge < -0.3 is 14.3 Å². The van der Waals surface area contributed by atoms with Crippen LogP contribution in [0.5, 0.6) is 0 Å². The van der Waals surface area contributed by atoms with Crippen LogP contribution in [0.25, 0.3) is 0 Å². The van der Waals surface area contributed by atoms with Crippen LogP contribution in [-0.4, -0.2) is 30.6 Å². The Morgan fingerprint density at radius 3 is 2.64 bits per heavy atom. The molecular formula is C10H14O4. The fraction of sp³-hybridized carbons (Fsp3) is 0.600. The molecule has 0 unspecified atom stereocenters. The summed E-state index contributed by atoms with van der Waals surface area (Å²) in [4.78, 5) is 21.2. The van der Waals surface area contributed by atoms with E-state index in [1.165, 1.54) is 6.92 Å². The third-order valence-electron chi connectivity index (χ3n) is 2.21. The summed E-state index contributed by atoms with van der Waals surface area (Å²) in [6, 6.07) is 0. The van der Waals surface area contributed by atoms with E-state index < -0.39 is 12.2 Å². The first-order valence-electron chi connectivity index (χ1n) is 4.50. The Balaban J connectivity index is 2.58. The Kier molecular flexibility index (Phi) is 3.41. The van der Waals surface area contributed by atoms with Crippen molar-refractivity contribution in [3.8, 4) is 0 Å². The molecular weight excluding hydrogens is 184 g/mol. The van der Waals surface area contributed by atoms with E-state index in [0.29, 0.717) is 0 Å². The average Bonchev–Trinajstić information content (AvgIpc) is 2.91. The monoisotopic (exact) mass is 198 g/mol. The topological polar surface area (TPSA) is 55.9 Å². The Labute approximate surface area is 82.9 Å². The fourth-order valence-electron chi connectivity index (χ4n) is 1.31. The standard InChI is InChI=1S/C10H14O4/c1-4-6(2)9(13-7(3)12)10-8(5-11)14-10/h4-6,8-10H,1H2,2-3H3/t6-,8+,9-,10+/m1/s1. The van der Waals surface area contributed by atoms with Crippen molar-refractivity contribution < 1.29 is 19.1 Å². The molecule has 0 aromatic carbocycles. The van der Waals surface area contributed by atoms with Crippen molar-refractivity contribution in [2.45, 2.75) is 32.2 Å². The van der Waals surface area contributed by atoms with Gasteiger partial charge in [-0.2, -0.15) is 0 Å². The summed E-state index contributed by atoms with van der Waals surface area (Å²) in [6.45, 7) is 6.81. The Hall–Kier alpha value is -1.16. The van der Waals surface area contributed by atoms with Gasteiger partial charge >= 0.3 is 5.97 Å². The van der Waals surface area contributed by atoms with Crippen LogP contribution >= 0.6 is 0 Å². The normalized spacial score (nSPS) is 28.7. The van der Waals surface area contributed by atoms with E-state index in [0.717, 1.165) is 6.29 Å². The number of aldehydes is 1. The molecule has 1 aliphatic heterocycles. The van der Waals surface area contributed by atoms with Gasteiger partial charge in [0.2, 0.25) is 0 Å². The van der Waals surface area contributed by atoms with Crippen molar-refractivity contribution in [1.82, 2.24) is 0 Å². The number of carbonyl (C=O) groups excluding carboxylic acids is 2. The lowest BCUT2D eigenvalue weighted by molar-refractivity contribution is -0.149. The van der Waals surface area contributed by atoms with Crippen molar-refractivity contribution in [2.24, 2.45) is 5.92 Å². The van der Waals surface area contributed by atoms with E-state index in [1.807, 2.05) is 6.92 Å². The number of hydrogen-bond donors (Lipinski definition) is 0. The van der Waals surface area contributed by atoms with Gasteiger partial charge in [0, 0.05) is 12.8 Å². The molecule has 0 aliphatic carbocycles. The third-order valence-corrected chi connectivity index (χ3v) is 2.21. The van der Waals surface area contributed by atoms with Gasteiger partial charge in [-0.15, -0.1) is 6.58 Å². The third kappa shape index (κ3) is 2.42. The summed E-state index contributed by atoms with van der Waals surface area (Å²) < 4.78 is 10.1. The minimum atomic E-state index is -0.429. The molecule has 0 aromatic heterocycles. The zero-order valence-electron chi connectivity index (χ0n) is 8.30. The van der Waals surface area contributed by atoms with Crippen molar-refractivity contribution in [1.29, 1.82) is 0 Å². The number of carbonyl (C=O) groups is 2. The molecule has 0 aromatic rings. The highest BCUT2D eigenvalue weighted by molar-refractivity contribution is 5.67. The summed E-state index contributed by atoms with van der Waals surface area (Å²) >= 11 is 0. The number of esters is 1. The molecule has 1 rings (SSSR count). The maximum Gasteiger partial charge on any atom is 0.303 e. The van der Waals surface area contributed by atoms with Gasteiger partial charge in [0.05, 0.1) is 0 Å². The van der Waals surface area contributed by atoms with Crippen molar-refractivity contribution in [2.75, 3.05) is 0 Å².